The van der Waals surface area contributed by atoms with E-state index in [4.69, 9.17) is 9.47 Å². The molecule has 1 amide bonds. The van der Waals surface area contributed by atoms with Crippen molar-refractivity contribution in [2.24, 2.45) is 5.92 Å². The largest absolute Gasteiger partial charge is 0.491 e. The molecule has 3 atom stereocenters. The first kappa shape index (κ1) is 27.2. The molecule has 8 nitrogen and oxygen atoms in total. The van der Waals surface area contributed by atoms with Crippen LogP contribution in [0.25, 0.3) is 0 Å². The van der Waals surface area contributed by atoms with Crippen molar-refractivity contribution in [3.63, 3.8) is 0 Å². The highest BCUT2D eigenvalue weighted by molar-refractivity contribution is 7.92. The molecule has 0 spiro atoms. The molecule has 12 heteroatoms. The molecule has 0 radical (unpaired) electrons. The minimum Gasteiger partial charge on any atom is -0.491 e. The lowest BCUT2D eigenvalue weighted by atomic mass is 10.0. The van der Waals surface area contributed by atoms with Gasteiger partial charge < -0.3 is 14.4 Å². The van der Waals surface area contributed by atoms with Gasteiger partial charge in [0.1, 0.15) is 12.4 Å². The number of ether oxygens (including phenoxy) is 2. The summed E-state index contributed by atoms with van der Waals surface area (Å²) in [5.74, 6) is -0.340. The van der Waals surface area contributed by atoms with Crippen molar-refractivity contribution >= 4 is 21.6 Å². The number of carbonyl (C=O) groups excluding carboxylic acids is 1. The molecule has 0 saturated carbocycles. The molecule has 1 aliphatic rings. The van der Waals surface area contributed by atoms with Crippen LogP contribution in [0.3, 0.4) is 0 Å². The van der Waals surface area contributed by atoms with Crippen LogP contribution in [0.1, 0.15) is 30.6 Å². The summed E-state index contributed by atoms with van der Waals surface area (Å²) in [6.07, 6.45) is -4.65. The van der Waals surface area contributed by atoms with Crippen molar-refractivity contribution in [3.05, 3.63) is 23.8 Å². The quantitative estimate of drug-likeness (QED) is 0.676. The number of sulfonamides is 1. The van der Waals surface area contributed by atoms with Gasteiger partial charge in [-0.2, -0.15) is 13.2 Å². The number of likely N-dealkylation sites (N-methyl/N-ethyl adjacent to an activating group) is 1. The predicted molar refractivity (Wildman–Crippen MR) is 119 cm³/mol. The maximum absolute atomic E-state index is 13.2. The third-order valence-corrected chi connectivity index (χ3v) is 6.17. The third-order valence-electron chi connectivity index (χ3n) is 5.56. The number of fused-ring (bicyclic) bond motifs is 1. The van der Waals surface area contributed by atoms with Gasteiger partial charge in [0.05, 0.1) is 24.3 Å². The number of amides is 1. The van der Waals surface area contributed by atoms with E-state index < -0.39 is 34.6 Å². The Bertz CT molecular complexity index is 926. The summed E-state index contributed by atoms with van der Waals surface area (Å²) in [7, 11) is -0.483. The number of carbonyl (C=O) groups is 1. The van der Waals surface area contributed by atoms with Crippen molar-refractivity contribution in [1.82, 2.24) is 9.80 Å². The number of nitrogens with one attached hydrogen (secondary N) is 1. The average molecular weight is 496 g/mol. The van der Waals surface area contributed by atoms with Crippen molar-refractivity contribution < 1.29 is 35.9 Å². The number of anilines is 1. The average Bonchev–Trinajstić information content (AvgIpc) is 2.70. The highest BCUT2D eigenvalue weighted by Crippen LogP contribution is 2.27. The second-order valence-corrected chi connectivity index (χ2v) is 10.3. The zero-order chi connectivity index (χ0) is 25.0. The van der Waals surface area contributed by atoms with Gasteiger partial charge in [0, 0.05) is 45.5 Å². The highest BCUT2D eigenvalue weighted by atomic mass is 32.2. The van der Waals surface area contributed by atoms with Gasteiger partial charge in [-0.3, -0.25) is 14.4 Å². The smallest absolute Gasteiger partial charge is 0.390 e. The molecule has 1 aromatic carbocycles. The first-order valence-corrected chi connectivity index (χ1v) is 12.4. The molecule has 188 valence electrons. The fourth-order valence-electron chi connectivity index (χ4n) is 3.71. The number of hydrogen-bond acceptors (Lipinski definition) is 6. The summed E-state index contributed by atoms with van der Waals surface area (Å²) < 4.78 is 75.7. The van der Waals surface area contributed by atoms with Gasteiger partial charge in [-0.05, 0) is 31.0 Å². The Balaban J connectivity index is 2.42. The maximum Gasteiger partial charge on any atom is 0.390 e. The summed E-state index contributed by atoms with van der Waals surface area (Å²) in [5, 5.41) is 0. The predicted octanol–water partition coefficient (Wildman–Crippen LogP) is 2.82. The van der Waals surface area contributed by atoms with E-state index in [1.54, 1.807) is 18.9 Å². The van der Waals surface area contributed by atoms with Crippen LogP contribution in [0.2, 0.25) is 0 Å². The molecule has 0 unspecified atom stereocenters. The van der Waals surface area contributed by atoms with Crippen molar-refractivity contribution in [3.8, 4) is 5.75 Å². The van der Waals surface area contributed by atoms with Crippen LogP contribution < -0.4 is 9.46 Å². The molecule has 2 rings (SSSR count). The Morgan fingerprint density at radius 1 is 1.24 bits per heavy atom. The van der Waals surface area contributed by atoms with Crippen LogP contribution in [0.5, 0.6) is 5.75 Å². The number of rotatable bonds is 5. The second-order valence-electron chi connectivity index (χ2n) is 8.54. The van der Waals surface area contributed by atoms with E-state index in [0.717, 1.165) is 6.26 Å². The van der Waals surface area contributed by atoms with E-state index in [-0.39, 0.29) is 48.7 Å². The topological polar surface area (TPSA) is 88.2 Å². The lowest BCUT2D eigenvalue weighted by Crippen LogP contribution is -2.47. The van der Waals surface area contributed by atoms with Gasteiger partial charge in [-0.1, -0.05) is 6.92 Å². The summed E-state index contributed by atoms with van der Waals surface area (Å²) in [5.41, 5.74) is 0.341. The van der Waals surface area contributed by atoms with E-state index in [2.05, 4.69) is 4.72 Å². The molecule has 0 aliphatic carbocycles. The van der Waals surface area contributed by atoms with Crippen LogP contribution in [-0.4, -0.2) is 89.1 Å². The maximum atomic E-state index is 13.2. The summed E-state index contributed by atoms with van der Waals surface area (Å²) in [6, 6.07) is 3.95. The normalized spacial score (nSPS) is 23.8. The number of alkyl halides is 3. The van der Waals surface area contributed by atoms with Crippen molar-refractivity contribution in [2.75, 3.05) is 51.4 Å². The van der Waals surface area contributed by atoms with Gasteiger partial charge in [0.25, 0.3) is 5.91 Å². The summed E-state index contributed by atoms with van der Waals surface area (Å²) in [4.78, 5) is 16.3. The van der Waals surface area contributed by atoms with Gasteiger partial charge >= 0.3 is 6.18 Å². The Morgan fingerprint density at radius 3 is 2.48 bits per heavy atom. The van der Waals surface area contributed by atoms with Gasteiger partial charge in [0.2, 0.25) is 10.0 Å². The van der Waals surface area contributed by atoms with Crippen molar-refractivity contribution in [1.29, 1.82) is 0 Å². The molecular weight excluding hydrogens is 463 g/mol. The Morgan fingerprint density at radius 2 is 1.91 bits per heavy atom. The number of halogens is 3. The van der Waals surface area contributed by atoms with Crippen molar-refractivity contribution in [2.45, 2.75) is 38.6 Å². The molecular formula is C21H32F3N3O5S. The SMILES string of the molecule is CO[C@@H]1CN(C)C(=O)c2cc(NS(C)(=O)=O)ccc2OC[C@@H](C)N(CCC(F)(F)F)C[C@H]1C. The van der Waals surface area contributed by atoms with E-state index in [1.807, 2.05) is 6.92 Å². The monoisotopic (exact) mass is 495 g/mol. The molecule has 0 aromatic heterocycles. The van der Waals surface area contributed by atoms with Crippen LogP contribution in [0.4, 0.5) is 18.9 Å². The second kappa shape index (κ2) is 10.9. The van der Waals surface area contributed by atoms with E-state index >= 15 is 0 Å². The molecule has 0 fully saturated rings. The minimum absolute atomic E-state index is 0.0467. The van der Waals surface area contributed by atoms with Crippen LogP contribution in [0.15, 0.2) is 18.2 Å². The molecule has 1 aromatic rings. The molecule has 0 bridgehead atoms. The molecule has 1 N–H and O–H groups in total. The molecule has 1 heterocycles. The summed E-state index contributed by atoms with van der Waals surface area (Å²) >= 11 is 0. The highest BCUT2D eigenvalue weighted by Gasteiger charge is 2.32. The zero-order valence-corrected chi connectivity index (χ0v) is 20.3. The van der Waals surface area contributed by atoms with Crippen LogP contribution in [0, 0.1) is 5.92 Å². The minimum atomic E-state index is -4.28. The first-order valence-electron chi connectivity index (χ1n) is 10.5. The Hall–Kier alpha value is -2.05. The zero-order valence-electron chi connectivity index (χ0n) is 19.5. The number of nitrogens with zero attached hydrogens (tertiary/aromatic N) is 2. The fraction of sp³-hybridized carbons (Fsp3) is 0.667. The summed E-state index contributed by atoms with van der Waals surface area (Å²) in [6.45, 7) is 4.03. The standard InChI is InChI=1S/C21H32F3N3O5S/c1-14-11-27(9-8-21(22,23)24)15(2)13-32-18-7-6-16(25-33(5,29)30)10-17(18)20(28)26(3)12-19(14)31-4/h6-7,10,14-15,19,25H,8-9,11-13H2,1-5H3/t14-,15-,19-/m1/s1. The first-order chi connectivity index (χ1) is 15.2. The van der Waals surface area contributed by atoms with Crippen LogP contribution >= 0.6 is 0 Å². The Kier molecular flexibility index (Phi) is 9.00. The van der Waals surface area contributed by atoms with E-state index in [0.29, 0.717) is 6.54 Å². The lowest BCUT2D eigenvalue weighted by molar-refractivity contribution is -0.140. The van der Waals surface area contributed by atoms with Crippen LogP contribution in [-0.2, 0) is 14.8 Å². The Labute approximate surface area is 193 Å². The van der Waals surface area contributed by atoms with Gasteiger partial charge in [-0.15, -0.1) is 0 Å². The van der Waals surface area contributed by atoms with E-state index in [9.17, 15) is 26.4 Å². The number of methoxy groups -OCH3 is 1. The van der Waals surface area contributed by atoms with Gasteiger partial charge in [0.15, 0.2) is 0 Å². The molecule has 0 saturated heterocycles. The van der Waals surface area contributed by atoms with Gasteiger partial charge in [-0.25, -0.2) is 8.42 Å². The number of benzene rings is 1. The fourth-order valence-corrected chi connectivity index (χ4v) is 4.27. The van der Waals surface area contributed by atoms with E-state index in [1.165, 1.54) is 30.2 Å². The third kappa shape index (κ3) is 8.35. The number of hydrogen-bond donors (Lipinski definition) is 1. The molecule has 1 aliphatic heterocycles. The lowest BCUT2D eigenvalue weighted by Gasteiger charge is -2.36. The molecule has 33 heavy (non-hydrogen) atoms.